The van der Waals surface area contributed by atoms with Crippen LogP contribution in [0.1, 0.15) is 35.0 Å². The molecule has 5 nitrogen and oxygen atoms in total. The zero-order chi connectivity index (χ0) is 17.1. The van der Waals surface area contributed by atoms with Crippen LogP contribution in [0.5, 0.6) is 0 Å². The number of hydrogen-bond acceptors (Lipinski definition) is 3. The van der Waals surface area contributed by atoms with Crippen molar-refractivity contribution in [3.63, 3.8) is 0 Å². The van der Waals surface area contributed by atoms with Gasteiger partial charge < -0.3 is 5.32 Å². The van der Waals surface area contributed by atoms with Crippen LogP contribution in [0.2, 0.25) is 0 Å². The van der Waals surface area contributed by atoms with Crippen LogP contribution in [0.4, 0.5) is 4.39 Å². The summed E-state index contributed by atoms with van der Waals surface area (Å²) in [5, 5.41) is 7.10. The number of amides is 1. The molecule has 0 aliphatic rings. The summed E-state index contributed by atoms with van der Waals surface area (Å²) in [6, 6.07) is 15.4. The van der Waals surface area contributed by atoms with Crippen LogP contribution in [0.25, 0.3) is 5.69 Å². The molecule has 1 N–H and O–H groups in total. The zero-order valence-electron chi connectivity index (χ0n) is 13.4. The first-order valence-corrected chi connectivity index (χ1v) is 7.60. The predicted octanol–water partition coefficient (Wildman–Crippen LogP) is 3.21. The van der Waals surface area contributed by atoms with E-state index in [1.165, 1.54) is 16.8 Å². The Morgan fingerprint density at radius 2 is 1.79 bits per heavy atom. The normalized spacial score (nSPS) is 12.0. The predicted molar refractivity (Wildman–Crippen MR) is 88.4 cm³/mol. The maximum atomic E-state index is 13.0. The van der Waals surface area contributed by atoms with E-state index in [-0.39, 0.29) is 23.6 Å². The summed E-state index contributed by atoms with van der Waals surface area (Å²) < 4.78 is 14.5. The molecule has 3 aromatic rings. The van der Waals surface area contributed by atoms with Gasteiger partial charge in [0.2, 0.25) is 5.82 Å². The number of aromatic nitrogens is 3. The van der Waals surface area contributed by atoms with Crippen molar-refractivity contribution in [3.05, 3.63) is 77.6 Å². The van der Waals surface area contributed by atoms with E-state index in [9.17, 15) is 9.18 Å². The van der Waals surface area contributed by atoms with Gasteiger partial charge in [-0.25, -0.2) is 14.1 Å². The summed E-state index contributed by atoms with van der Waals surface area (Å²) in [5.74, 6) is -0.0415. The van der Waals surface area contributed by atoms with Crippen LogP contribution in [0, 0.1) is 12.7 Å². The van der Waals surface area contributed by atoms with Crippen LogP contribution in [0.15, 0.2) is 54.6 Å². The van der Waals surface area contributed by atoms with E-state index in [0.29, 0.717) is 11.5 Å². The molecule has 122 valence electrons. The molecule has 2 aromatic carbocycles. The molecule has 0 saturated heterocycles. The first-order valence-electron chi connectivity index (χ1n) is 7.60. The van der Waals surface area contributed by atoms with Gasteiger partial charge in [-0.05, 0) is 43.7 Å². The highest BCUT2D eigenvalue weighted by molar-refractivity contribution is 5.90. The molecule has 0 bridgehead atoms. The number of carbonyl (C=O) groups is 1. The minimum absolute atomic E-state index is 0.0830. The lowest BCUT2D eigenvalue weighted by molar-refractivity contribution is 0.0929. The number of rotatable bonds is 4. The fraction of sp³-hybridized carbons (Fsp3) is 0.167. The van der Waals surface area contributed by atoms with Crippen molar-refractivity contribution in [3.8, 4) is 5.69 Å². The summed E-state index contributed by atoms with van der Waals surface area (Å²) in [6.45, 7) is 3.64. The van der Waals surface area contributed by atoms with Crippen LogP contribution in [-0.2, 0) is 0 Å². The number of nitrogens with one attached hydrogen (secondary N) is 1. The standard InChI is InChI=1S/C18H17FN4O/c1-12(14-6-4-3-5-7-14)20-18(24)17-21-13(2)23(22-17)16-10-8-15(19)9-11-16/h3-12H,1-2H3,(H,20,24)/t12-/m1/s1. The number of hydrogen-bond donors (Lipinski definition) is 1. The molecular weight excluding hydrogens is 307 g/mol. The molecule has 6 heteroatoms. The molecule has 24 heavy (non-hydrogen) atoms. The Morgan fingerprint density at radius 1 is 1.12 bits per heavy atom. The summed E-state index contributed by atoms with van der Waals surface area (Å²) in [7, 11) is 0. The van der Waals surface area contributed by atoms with Crippen LogP contribution in [0.3, 0.4) is 0 Å². The van der Waals surface area contributed by atoms with Crippen molar-refractivity contribution >= 4 is 5.91 Å². The Labute approximate surface area is 139 Å². The van der Waals surface area contributed by atoms with Gasteiger partial charge in [-0.2, -0.15) is 0 Å². The van der Waals surface area contributed by atoms with Crippen LogP contribution in [-0.4, -0.2) is 20.7 Å². The van der Waals surface area contributed by atoms with Gasteiger partial charge in [-0.3, -0.25) is 4.79 Å². The Balaban J connectivity index is 1.79. The summed E-state index contributed by atoms with van der Waals surface area (Å²) >= 11 is 0. The second-order valence-corrected chi connectivity index (χ2v) is 5.48. The van der Waals surface area contributed by atoms with Crippen molar-refractivity contribution < 1.29 is 9.18 Å². The van der Waals surface area contributed by atoms with E-state index < -0.39 is 0 Å². The lowest BCUT2D eigenvalue weighted by atomic mass is 10.1. The number of aryl methyl sites for hydroxylation is 1. The highest BCUT2D eigenvalue weighted by atomic mass is 19.1. The monoisotopic (exact) mass is 324 g/mol. The second-order valence-electron chi connectivity index (χ2n) is 5.48. The largest absolute Gasteiger partial charge is 0.343 e. The fourth-order valence-electron chi connectivity index (χ4n) is 2.40. The third-order valence-corrected chi connectivity index (χ3v) is 3.69. The van der Waals surface area contributed by atoms with E-state index in [4.69, 9.17) is 0 Å². The van der Waals surface area contributed by atoms with Gasteiger partial charge in [0.05, 0.1) is 11.7 Å². The van der Waals surface area contributed by atoms with Crippen LogP contribution < -0.4 is 5.32 Å². The van der Waals surface area contributed by atoms with E-state index in [2.05, 4.69) is 15.4 Å². The third kappa shape index (κ3) is 3.32. The van der Waals surface area contributed by atoms with E-state index in [1.54, 1.807) is 19.1 Å². The highest BCUT2D eigenvalue weighted by Gasteiger charge is 2.17. The van der Waals surface area contributed by atoms with Gasteiger partial charge in [-0.1, -0.05) is 30.3 Å². The van der Waals surface area contributed by atoms with Gasteiger partial charge in [0, 0.05) is 0 Å². The van der Waals surface area contributed by atoms with Crippen molar-refractivity contribution in [2.75, 3.05) is 0 Å². The molecule has 1 heterocycles. The lowest BCUT2D eigenvalue weighted by Crippen LogP contribution is -2.27. The van der Waals surface area contributed by atoms with E-state index >= 15 is 0 Å². The molecule has 1 amide bonds. The SMILES string of the molecule is Cc1nc(C(=O)N[C@H](C)c2ccccc2)nn1-c1ccc(F)cc1. The molecule has 0 spiro atoms. The number of halogens is 1. The number of carbonyl (C=O) groups excluding carboxylic acids is 1. The molecule has 0 aliphatic carbocycles. The van der Waals surface area contributed by atoms with Crippen molar-refractivity contribution in [2.45, 2.75) is 19.9 Å². The number of nitrogens with zero attached hydrogens (tertiary/aromatic N) is 3. The maximum Gasteiger partial charge on any atom is 0.291 e. The Hall–Kier alpha value is -3.02. The molecule has 0 radical (unpaired) electrons. The van der Waals surface area contributed by atoms with Crippen LogP contribution >= 0.6 is 0 Å². The molecule has 0 fully saturated rings. The molecule has 0 saturated carbocycles. The van der Waals surface area contributed by atoms with Gasteiger partial charge >= 0.3 is 0 Å². The zero-order valence-corrected chi connectivity index (χ0v) is 13.4. The minimum Gasteiger partial charge on any atom is -0.343 e. The topological polar surface area (TPSA) is 59.8 Å². The molecule has 1 aromatic heterocycles. The average Bonchev–Trinajstić information content (AvgIpc) is 2.98. The Kier molecular flexibility index (Phi) is 4.37. The first-order chi connectivity index (χ1) is 11.5. The quantitative estimate of drug-likeness (QED) is 0.802. The van der Waals surface area contributed by atoms with E-state index in [0.717, 1.165) is 5.56 Å². The number of benzene rings is 2. The molecular formula is C18H17FN4O. The highest BCUT2D eigenvalue weighted by Crippen LogP contribution is 2.13. The lowest BCUT2D eigenvalue weighted by Gasteiger charge is -2.12. The van der Waals surface area contributed by atoms with Gasteiger partial charge in [-0.15, -0.1) is 5.10 Å². The van der Waals surface area contributed by atoms with Crippen molar-refractivity contribution in [1.82, 2.24) is 20.1 Å². The summed E-state index contributed by atoms with van der Waals surface area (Å²) in [4.78, 5) is 16.6. The smallest absolute Gasteiger partial charge is 0.291 e. The second kappa shape index (κ2) is 6.62. The first kappa shape index (κ1) is 15.9. The summed E-state index contributed by atoms with van der Waals surface area (Å²) in [6.07, 6.45) is 0. The third-order valence-electron chi connectivity index (χ3n) is 3.69. The van der Waals surface area contributed by atoms with Gasteiger partial charge in [0.25, 0.3) is 5.91 Å². The van der Waals surface area contributed by atoms with Gasteiger partial charge in [0.15, 0.2) is 0 Å². The van der Waals surface area contributed by atoms with E-state index in [1.807, 2.05) is 37.3 Å². The Morgan fingerprint density at radius 3 is 2.46 bits per heavy atom. The minimum atomic E-state index is -0.352. The molecule has 3 rings (SSSR count). The molecule has 0 aliphatic heterocycles. The van der Waals surface area contributed by atoms with Crippen molar-refractivity contribution in [2.24, 2.45) is 0 Å². The summed E-state index contributed by atoms with van der Waals surface area (Å²) in [5.41, 5.74) is 1.65. The average molecular weight is 324 g/mol. The maximum absolute atomic E-state index is 13.0. The Bertz CT molecular complexity index is 843. The van der Waals surface area contributed by atoms with Gasteiger partial charge in [0.1, 0.15) is 11.6 Å². The molecule has 1 atom stereocenters. The van der Waals surface area contributed by atoms with Crippen molar-refractivity contribution in [1.29, 1.82) is 0 Å². The molecule has 0 unspecified atom stereocenters. The fourth-order valence-corrected chi connectivity index (χ4v) is 2.40.